The van der Waals surface area contributed by atoms with Crippen LogP contribution >= 0.6 is 22.6 Å². The minimum absolute atomic E-state index is 0.168. The maximum Gasteiger partial charge on any atom is 0.319 e. The summed E-state index contributed by atoms with van der Waals surface area (Å²) >= 11 is 2.54. The smallest absolute Gasteiger partial charge is 0.319 e. The van der Waals surface area contributed by atoms with Crippen molar-refractivity contribution in [1.82, 2.24) is 19.8 Å². The molecule has 8 nitrogen and oxygen atoms in total. The van der Waals surface area contributed by atoms with Gasteiger partial charge < -0.3 is 14.5 Å². The molecule has 3 aromatic rings. The van der Waals surface area contributed by atoms with Crippen LogP contribution in [0.5, 0.6) is 6.01 Å². The molecule has 0 spiro atoms. The van der Waals surface area contributed by atoms with Crippen molar-refractivity contribution in [2.45, 2.75) is 60.2 Å². The molecule has 0 saturated carbocycles. The van der Waals surface area contributed by atoms with Crippen molar-refractivity contribution in [3.63, 3.8) is 0 Å². The molecule has 3 saturated heterocycles. The molecule has 3 aliphatic heterocycles. The summed E-state index contributed by atoms with van der Waals surface area (Å²) in [5.41, 5.74) is 5.62. The van der Waals surface area contributed by atoms with Gasteiger partial charge >= 0.3 is 6.01 Å². The van der Waals surface area contributed by atoms with E-state index >= 15 is 0 Å². The van der Waals surface area contributed by atoms with Gasteiger partial charge in [-0.1, -0.05) is 53.4 Å². The molecule has 1 aliphatic carbocycles. The van der Waals surface area contributed by atoms with Crippen LogP contribution in [0.15, 0.2) is 49.1 Å². The van der Waals surface area contributed by atoms with Crippen molar-refractivity contribution in [3.05, 3.63) is 60.2 Å². The van der Waals surface area contributed by atoms with Gasteiger partial charge in [0.1, 0.15) is 18.6 Å². The number of aromatic nitrogens is 2. The van der Waals surface area contributed by atoms with Crippen molar-refractivity contribution >= 4 is 45.2 Å². The van der Waals surface area contributed by atoms with Crippen LogP contribution in [0.25, 0.3) is 22.0 Å². The second kappa shape index (κ2) is 11.9. The zero-order valence-electron chi connectivity index (χ0n) is 24.7. The summed E-state index contributed by atoms with van der Waals surface area (Å²) in [6, 6.07) is 15.2. The Bertz CT molecular complexity index is 1660. The van der Waals surface area contributed by atoms with Crippen LogP contribution in [0.1, 0.15) is 36.8 Å². The maximum absolute atomic E-state index is 14.5. The number of piperazine rings is 1. The van der Waals surface area contributed by atoms with E-state index in [1.54, 1.807) is 4.90 Å². The fourth-order valence-corrected chi connectivity index (χ4v) is 8.73. The van der Waals surface area contributed by atoms with Crippen LogP contribution in [0, 0.1) is 11.3 Å². The van der Waals surface area contributed by atoms with Gasteiger partial charge in [0, 0.05) is 41.9 Å². The lowest BCUT2D eigenvalue weighted by molar-refractivity contribution is -0.128. The van der Waals surface area contributed by atoms with Crippen LogP contribution in [0.4, 0.5) is 10.2 Å². The first kappa shape index (κ1) is 29.4. The molecule has 1 unspecified atom stereocenters. The number of hydrogen-bond acceptors (Lipinski definition) is 7. The van der Waals surface area contributed by atoms with Gasteiger partial charge in [0.15, 0.2) is 0 Å². The number of alkyl halides is 2. The summed E-state index contributed by atoms with van der Waals surface area (Å²) < 4.78 is 21.5. The molecule has 10 heteroatoms. The zero-order chi connectivity index (χ0) is 30.4. The van der Waals surface area contributed by atoms with E-state index in [1.807, 2.05) is 0 Å². The number of fused-ring (bicyclic) bond motifs is 3. The van der Waals surface area contributed by atoms with E-state index in [4.69, 9.17) is 14.7 Å². The number of halogens is 2. The Balaban J connectivity index is 1.27. The largest absolute Gasteiger partial charge is 0.461 e. The zero-order valence-corrected chi connectivity index (χ0v) is 26.9. The van der Waals surface area contributed by atoms with Gasteiger partial charge in [-0.05, 0) is 72.7 Å². The second-order valence-corrected chi connectivity index (χ2v) is 14.3. The Kier molecular flexibility index (Phi) is 7.95. The lowest BCUT2D eigenvalue weighted by Crippen LogP contribution is -2.55. The number of carbonyl (C=O) groups is 1. The van der Waals surface area contributed by atoms with Gasteiger partial charge in [-0.15, -0.1) is 0 Å². The van der Waals surface area contributed by atoms with Gasteiger partial charge in [0.05, 0.1) is 29.6 Å². The minimum atomic E-state index is -0.837. The monoisotopic (exact) mass is 706 g/mol. The summed E-state index contributed by atoms with van der Waals surface area (Å²) in [6.45, 7) is 6.83. The van der Waals surface area contributed by atoms with Gasteiger partial charge in [-0.2, -0.15) is 15.2 Å². The SMILES string of the molecule is C=CC(=O)N1CCN(c2nc(OCC34CCCN3C[C@H](F)C4)nc3cc(-c4cccc5c4C[C@H](I)C5)ccc23)C[C@@H]1CC#N. The van der Waals surface area contributed by atoms with Crippen molar-refractivity contribution in [1.29, 1.82) is 5.26 Å². The highest BCUT2D eigenvalue weighted by atomic mass is 127. The van der Waals surface area contributed by atoms with Gasteiger partial charge in [0.2, 0.25) is 5.91 Å². The molecular weight excluding hydrogens is 670 g/mol. The second-order valence-electron chi connectivity index (χ2n) is 12.6. The molecule has 4 aliphatic rings. The molecule has 1 aromatic heterocycles. The lowest BCUT2D eigenvalue weighted by atomic mass is 9.95. The van der Waals surface area contributed by atoms with Gasteiger partial charge in [0.25, 0.3) is 0 Å². The predicted octanol–water partition coefficient (Wildman–Crippen LogP) is 5.27. The third kappa shape index (κ3) is 5.32. The number of rotatable bonds is 7. The fourth-order valence-electron chi connectivity index (χ4n) is 7.82. The highest BCUT2D eigenvalue weighted by Crippen LogP contribution is 2.41. The van der Waals surface area contributed by atoms with Gasteiger partial charge in [-0.3, -0.25) is 9.69 Å². The standard InChI is InChI=1S/C34H36FIN6O2/c1-2-31(43)42-14-13-40(20-26(42)9-11-37)32-28-8-7-23(27-6-3-5-22-15-25(36)17-29(22)27)16-30(28)38-33(39-32)44-21-34-10-4-12-41(34)19-24(35)18-34/h2-3,5-8,16,24-26H,1,4,9-10,12-15,17-21H2/t24-,25-,26+,34?/m1/s1. The molecule has 2 aromatic carbocycles. The first-order valence-electron chi connectivity index (χ1n) is 15.5. The summed E-state index contributed by atoms with van der Waals surface area (Å²) in [6.07, 6.45) is 5.25. The third-order valence-corrected chi connectivity index (χ3v) is 10.8. The topological polar surface area (TPSA) is 85.6 Å². The van der Waals surface area contributed by atoms with Crippen LogP contribution in [-0.2, 0) is 17.6 Å². The van der Waals surface area contributed by atoms with Crippen molar-refractivity contribution in [3.8, 4) is 23.2 Å². The van der Waals surface area contributed by atoms with Crippen molar-refractivity contribution < 1.29 is 13.9 Å². The highest BCUT2D eigenvalue weighted by molar-refractivity contribution is 14.1. The average Bonchev–Trinajstić information content (AvgIpc) is 3.69. The molecular formula is C34H36FIN6O2. The number of amides is 1. The van der Waals surface area contributed by atoms with Gasteiger partial charge in [-0.25, -0.2) is 4.39 Å². The maximum atomic E-state index is 14.5. The Morgan fingerprint density at radius 2 is 2.09 bits per heavy atom. The molecule has 1 amide bonds. The number of hydrogen-bond donors (Lipinski definition) is 0. The molecule has 44 heavy (non-hydrogen) atoms. The molecule has 0 bridgehead atoms. The molecule has 7 rings (SSSR count). The number of benzene rings is 2. The van der Waals surface area contributed by atoms with E-state index in [0.29, 0.717) is 43.1 Å². The van der Waals surface area contributed by atoms with E-state index in [0.717, 1.165) is 54.5 Å². The molecule has 4 heterocycles. The van der Waals surface area contributed by atoms with E-state index in [2.05, 4.69) is 81.4 Å². The fraction of sp³-hybridized carbons (Fsp3) is 0.471. The Hall–Kier alpha value is -3.30. The Morgan fingerprint density at radius 1 is 1.20 bits per heavy atom. The number of anilines is 1. The molecule has 4 atom stereocenters. The van der Waals surface area contributed by atoms with Crippen LogP contribution < -0.4 is 9.64 Å². The molecule has 0 radical (unpaired) electrons. The van der Waals surface area contributed by atoms with Crippen molar-refractivity contribution in [2.75, 3.05) is 44.2 Å². The van der Waals surface area contributed by atoms with Crippen LogP contribution in [-0.4, -0.2) is 86.7 Å². The van der Waals surface area contributed by atoms with Crippen molar-refractivity contribution in [2.24, 2.45) is 0 Å². The predicted molar refractivity (Wildman–Crippen MR) is 177 cm³/mol. The van der Waals surface area contributed by atoms with E-state index in [-0.39, 0.29) is 29.9 Å². The number of nitrogens with zero attached hydrogens (tertiary/aromatic N) is 6. The normalized spacial score (nSPS) is 26.4. The summed E-state index contributed by atoms with van der Waals surface area (Å²) in [4.78, 5) is 28.5. The first-order valence-corrected chi connectivity index (χ1v) is 16.8. The highest BCUT2D eigenvalue weighted by Gasteiger charge is 2.49. The lowest BCUT2D eigenvalue weighted by Gasteiger charge is -2.41. The molecule has 0 N–H and O–H groups in total. The Labute approximate surface area is 271 Å². The number of carbonyl (C=O) groups excluding carboxylic acids is 1. The van der Waals surface area contributed by atoms with Crippen LogP contribution in [0.3, 0.4) is 0 Å². The summed E-state index contributed by atoms with van der Waals surface area (Å²) in [5, 5.41) is 10.4. The van der Waals surface area contributed by atoms with E-state index in [9.17, 15) is 14.4 Å². The molecule has 228 valence electrons. The summed E-state index contributed by atoms with van der Waals surface area (Å²) in [5.74, 6) is 0.560. The van der Waals surface area contributed by atoms with E-state index < -0.39 is 6.17 Å². The Morgan fingerprint density at radius 3 is 2.93 bits per heavy atom. The first-order chi connectivity index (χ1) is 21.4. The number of ether oxygens (including phenoxy) is 1. The quantitative estimate of drug-likeness (QED) is 0.188. The van der Waals surface area contributed by atoms with Crippen LogP contribution in [0.2, 0.25) is 0 Å². The summed E-state index contributed by atoms with van der Waals surface area (Å²) in [7, 11) is 0. The average molecular weight is 707 g/mol. The minimum Gasteiger partial charge on any atom is -0.461 e. The van der Waals surface area contributed by atoms with E-state index in [1.165, 1.54) is 22.8 Å². The third-order valence-electron chi connectivity index (χ3n) is 9.91. The number of nitriles is 1. The molecule has 3 fully saturated rings.